The van der Waals surface area contributed by atoms with Gasteiger partial charge >= 0.3 is 0 Å². The average molecular weight is 422 g/mol. The smallest absolute Gasteiger partial charge is 0.255 e. The molecule has 1 aromatic carbocycles. The van der Waals surface area contributed by atoms with Gasteiger partial charge in [0.25, 0.3) is 5.91 Å². The first-order valence-electron chi connectivity index (χ1n) is 10.5. The van der Waals surface area contributed by atoms with Gasteiger partial charge in [-0.15, -0.1) is 5.10 Å². The molecule has 2 N–H and O–H groups in total. The maximum atomic E-state index is 12.9. The highest BCUT2D eigenvalue weighted by molar-refractivity contribution is 6.06. The predicted molar refractivity (Wildman–Crippen MR) is 108 cm³/mol. The second-order valence-electron chi connectivity index (χ2n) is 8.25. The Morgan fingerprint density at radius 1 is 1.19 bits per heavy atom. The molecule has 3 heterocycles. The minimum Gasteiger partial charge on any atom is -0.324 e. The number of hydrogen-bond acceptors (Lipinski definition) is 6. The van der Waals surface area contributed by atoms with Crippen molar-refractivity contribution in [3.63, 3.8) is 0 Å². The quantitative estimate of drug-likeness (QED) is 0.691. The lowest BCUT2D eigenvalue weighted by Gasteiger charge is -2.29. The number of fused-ring (bicyclic) bond motifs is 1. The summed E-state index contributed by atoms with van der Waals surface area (Å²) in [5.74, 6) is -0.894. The highest BCUT2D eigenvalue weighted by atomic mass is 16.2. The zero-order chi connectivity index (χ0) is 21.5. The molecule has 3 aliphatic rings. The summed E-state index contributed by atoms with van der Waals surface area (Å²) in [6, 6.07) is 4.42. The van der Waals surface area contributed by atoms with Crippen LogP contribution in [0.1, 0.15) is 59.6 Å². The Labute approximate surface area is 178 Å². The van der Waals surface area contributed by atoms with Crippen LogP contribution < -0.4 is 10.6 Å². The van der Waals surface area contributed by atoms with E-state index < -0.39 is 11.9 Å². The predicted octanol–water partition coefficient (Wildman–Crippen LogP) is 0.945. The van der Waals surface area contributed by atoms with Crippen molar-refractivity contribution in [1.82, 2.24) is 25.2 Å². The van der Waals surface area contributed by atoms with Crippen LogP contribution in [0.15, 0.2) is 24.4 Å². The summed E-state index contributed by atoms with van der Waals surface area (Å²) in [6.45, 7) is 0.222. The van der Waals surface area contributed by atoms with E-state index in [-0.39, 0.29) is 37.2 Å². The Balaban J connectivity index is 1.29. The van der Waals surface area contributed by atoms with Gasteiger partial charge in [-0.3, -0.25) is 24.5 Å². The van der Waals surface area contributed by atoms with E-state index in [0.29, 0.717) is 29.2 Å². The van der Waals surface area contributed by atoms with Crippen molar-refractivity contribution in [3.8, 4) is 0 Å². The van der Waals surface area contributed by atoms with Crippen LogP contribution in [-0.4, -0.2) is 49.6 Å². The number of rotatable bonds is 5. The molecule has 5 rings (SSSR count). The van der Waals surface area contributed by atoms with Gasteiger partial charge in [0.05, 0.1) is 5.69 Å². The minimum atomic E-state index is -0.693. The SMILES string of the molecule is O=C1CCC(N2Cc3c(NC(=O)Cn4cc(C5CCC5)nn4)cccc3C2=O)C(=O)N1. The number of aromatic nitrogens is 3. The number of nitrogens with one attached hydrogen (secondary N) is 2. The number of carbonyl (C=O) groups is 4. The fourth-order valence-corrected chi connectivity index (χ4v) is 4.32. The first-order chi connectivity index (χ1) is 15.0. The summed E-state index contributed by atoms with van der Waals surface area (Å²) in [7, 11) is 0. The average Bonchev–Trinajstić information content (AvgIpc) is 3.26. The zero-order valence-electron chi connectivity index (χ0n) is 16.8. The van der Waals surface area contributed by atoms with E-state index in [2.05, 4.69) is 20.9 Å². The normalized spacial score (nSPS) is 21.0. The largest absolute Gasteiger partial charge is 0.324 e. The molecule has 0 spiro atoms. The molecule has 1 unspecified atom stereocenters. The monoisotopic (exact) mass is 422 g/mol. The maximum Gasteiger partial charge on any atom is 0.255 e. The standard InChI is InChI=1S/C21H22N6O4/c28-18-8-7-17(20(30)23-18)27-9-14-13(21(27)31)5-2-6-15(14)22-19(29)11-26-10-16(24-25-26)12-3-1-4-12/h2,5-6,10,12,17H,1,3-4,7-9,11H2,(H,22,29)(H,23,28,30). The molecular weight excluding hydrogens is 400 g/mol. The van der Waals surface area contributed by atoms with Crippen LogP contribution in [0.2, 0.25) is 0 Å². The lowest BCUT2D eigenvalue weighted by atomic mass is 9.83. The Bertz CT molecular complexity index is 1090. The summed E-state index contributed by atoms with van der Waals surface area (Å²) in [5.41, 5.74) is 2.57. The Hall–Kier alpha value is -3.56. The number of carbonyl (C=O) groups excluding carboxylic acids is 4. The van der Waals surface area contributed by atoms with Crippen molar-refractivity contribution < 1.29 is 19.2 Å². The lowest BCUT2D eigenvalue weighted by molar-refractivity contribution is -0.137. The van der Waals surface area contributed by atoms with E-state index in [9.17, 15) is 19.2 Å². The molecule has 2 aliphatic heterocycles. The summed E-state index contributed by atoms with van der Waals surface area (Å²) >= 11 is 0. The molecule has 4 amide bonds. The van der Waals surface area contributed by atoms with Crippen LogP contribution in [0.5, 0.6) is 0 Å². The van der Waals surface area contributed by atoms with E-state index in [0.717, 1.165) is 18.5 Å². The number of imide groups is 1. The van der Waals surface area contributed by atoms with Gasteiger partial charge in [-0.25, -0.2) is 4.68 Å². The van der Waals surface area contributed by atoms with Crippen LogP contribution in [0, 0.1) is 0 Å². The number of amides is 4. The van der Waals surface area contributed by atoms with Gasteiger partial charge in [0.2, 0.25) is 17.7 Å². The molecule has 0 radical (unpaired) electrons. The van der Waals surface area contributed by atoms with Crippen LogP contribution >= 0.6 is 0 Å². The molecule has 10 nitrogen and oxygen atoms in total. The number of benzene rings is 1. The zero-order valence-corrected chi connectivity index (χ0v) is 16.8. The number of piperidine rings is 1. The molecule has 1 saturated heterocycles. The molecule has 2 fully saturated rings. The second kappa shape index (κ2) is 7.60. The van der Waals surface area contributed by atoms with Crippen molar-refractivity contribution in [2.24, 2.45) is 0 Å². The first kappa shape index (κ1) is 19.4. The fourth-order valence-electron chi connectivity index (χ4n) is 4.32. The van der Waals surface area contributed by atoms with E-state index in [1.54, 1.807) is 18.2 Å². The van der Waals surface area contributed by atoms with Gasteiger partial charge < -0.3 is 10.2 Å². The van der Waals surface area contributed by atoms with Crippen LogP contribution in [0.25, 0.3) is 0 Å². The van der Waals surface area contributed by atoms with Gasteiger partial charge in [0.1, 0.15) is 12.6 Å². The molecule has 1 aliphatic carbocycles. The van der Waals surface area contributed by atoms with Crippen molar-refractivity contribution in [2.75, 3.05) is 5.32 Å². The van der Waals surface area contributed by atoms with Crippen molar-refractivity contribution in [2.45, 2.75) is 57.2 Å². The van der Waals surface area contributed by atoms with Crippen molar-refractivity contribution in [1.29, 1.82) is 0 Å². The van der Waals surface area contributed by atoms with Crippen LogP contribution in [-0.2, 0) is 27.5 Å². The topological polar surface area (TPSA) is 126 Å². The van der Waals surface area contributed by atoms with E-state index in [1.165, 1.54) is 16.0 Å². The fraction of sp³-hybridized carbons (Fsp3) is 0.429. The molecule has 1 aromatic heterocycles. The number of hydrogen-bond donors (Lipinski definition) is 2. The van der Waals surface area contributed by atoms with Crippen LogP contribution in [0.4, 0.5) is 5.69 Å². The third-order valence-corrected chi connectivity index (χ3v) is 6.24. The third kappa shape index (κ3) is 3.58. The highest BCUT2D eigenvalue weighted by Crippen LogP contribution is 2.35. The second-order valence-corrected chi connectivity index (χ2v) is 8.25. The highest BCUT2D eigenvalue weighted by Gasteiger charge is 2.40. The summed E-state index contributed by atoms with van der Waals surface area (Å²) in [6.07, 6.45) is 5.72. The summed E-state index contributed by atoms with van der Waals surface area (Å²) < 4.78 is 1.52. The van der Waals surface area contributed by atoms with E-state index >= 15 is 0 Å². The molecule has 0 bridgehead atoms. The van der Waals surface area contributed by atoms with Crippen molar-refractivity contribution in [3.05, 3.63) is 41.2 Å². The van der Waals surface area contributed by atoms with E-state index in [4.69, 9.17) is 0 Å². The number of nitrogens with zero attached hydrogens (tertiary/aromatic N) is 4. The van der Waals surface area contributed by atoms with Gasteiger partial charge in [-0.1, -0.05) is 17.7 Å². The maximum absolute atomic E-state index is 12.9. The van der Waals surface area contributed by atoms with Gasteiger partial charge in [0, 0.05) is 41.9 Å². The van der Waals surface area contributed by atoms with E-state index in [1.807, 2.05) is 6.20 Å². The molecule has 1 atom stereocenters. The first-order valence-corrected chi connectivity index (χ1v) is 10.5. The minimum absolute atomic E-state index is 0.0220. The molecular formula is C21H22N6O4. The van der Waals surface area contributed by atoms with Gasteiger partial charge in [-0.05, 0) is 31.4 Å². The lowest BCUT2D eigenvalue weighted by Crippen LogP contribution is -2.52. The Morgan fingerprint density at radius 3 is 2.77 bits per heavy atom. The van der Waals surface area contributed by atoms with Crippen LogP contribution in [0.3, 0.4) is 0 Å². The molecule has 1 saturated carbocycles. The molecule has 10 heteroatoms. The molecule has 31 heavy (non-hydrogen) atoms. The Kier molecular flexibility index (Phi) is 4.76. The Morgan fingerprint density at radius 2 is 2.03 bits per heavy atom. The molecule has 160 valence electrons. The van der Waals surface area contributed by atoms with Crippen molar-refractivity contribution >= 4 is 29.3 Å². The number of anilines is 1. The third-order valence-electron chi connectivity index (χ3n) is 6.24. The summed E-state index contributed by atoms with van der Waals surface area (Å²) in [5, 5.41) is 13.4. The molecule has 2 aromatic rings. The van der Waals surface area contributed by atoms with Gasteiger partial charge in [0.15, 0.2) is 0 Å². The van der Waals surface area contributed by atoms with Gasteiger partial charge in [-0.2, -0.15) is 0 Å². The summed E-state index contributed by atoms with van der Waals surface area (Å²) in [4.78, 5) is 50.6.